The number of amides is 3. The molecule has 8 nitrogen and oxygen atoms in total. The molecule has 0 fully saturated rings. The SMILES string of the molecule is CCC(Sc1ccc(NC(=O)/C(=C/c2cccc(OC)c2OC)NC(=O)c2ccccc2)cc1)C(=O)N(c1ccccc1)c1ccccc1. The highest BCUT2D eigenvalue weighted by atomic mass is 32.2. The van der Waals surface area contributed by atoms with E-state index in [0.29, 0.717) is 34.7 Å². The van der Waals surface area contributed by atoms with E-state index in [1.54, 1.807) is 65.6 Å². The van der Waals surface area contributed by atoms with Crippen molar-refractivity contribution in [3.8, 4) is 11.5 Å². The van der Waals surface area contributed by atoms with Gasteiger partial charge >= 0.3 is 0 Å². The molecule has 2 N–H and O–H groups in total. The third kappa shape index (κ3) is 8.77. The van der Waals surface area contributed by atoms with E-state index in [4.69, 9.17) is 9.47 Å². The minimum atomic E-state index is -0.530. The summed E-state index contributed by atoms with van der Waals surface area (Å²) in [6.07, 6.45) is 2.16. The van der Waals surface area contributed by atoms with Crippen LogP contribution >= 0.6 is 11.8 Å². The fraction of sp³-hybridized carbons (Fsp3) is 0.125. The standard InChI is InChI=1S/C40H37N3O5S/c1-4-36(40(46)43(31-18-10-6-11-19-31)32-20-12-7-13-21-32)49-33-25-23-30(24-26-33)41-39(45)34(42-38(44)28-15-8-5-9-16-28)27-29-17-14-22-35(47-2)37(29)48-3/h5-27,36H,4H2,1-3H3,(H,41,45)(H,42,44)/b34-27-. The molecule has 49 heavy (non-hydrogen) atoms. The molecule has 0 saturated heterocycles. The third-order valence-corrected chi connectivity index (χ3v) is 8.91. The molecule has 5 rings (SSSR count). The van der Waals surface area contributed by atoms with Crippen LogP contribution in [-0.2, 0) is 9.59 Å². The van der Waals surface area contributed by atoms with Gasteiger partial charge in [0.1, 0.15) is 5.70 Å². The Labute approximate surface area is 290 Å². The predicted octanol–water partition coefficient (Wildman–Crippen LogP) is 8.35. The van der Waals surface area contributed by atoms with Gasteiger partial charge in [0.2, 0.25) is 5.91 Å². The van der Waals surface area contributed by atoms with Crippen LogP contribution in [0.15, 0.2) is 144 Å². The molecule has 5 aromatic rings. The summed E-state index contributed by atoms with van der Waals surface area (Å²) in [4.78, 5) is 43.4. The fourth-order valence-electron chi connectivity index (χ4n) is 5.11. The molecule has 0 aromatic heterocycles. The number of nitrogens with one attached hydrogen (secondary N) is 2. The normalized spacial score (nSPS) is 11.6. The first kappa shape index (κ1) is 34.5. The second kappa shape index (κ2) is 16.9. The van der Waals surface area contributed by atoms with Gasteiger partial charge in [-0.15, -0.1) is 11.8 Å². The molecule has 0 aliphatic carbocycles. The van der Waals surface area contributed by atoms with Gasteiger partial charge < -0.3 is 20.1 Å². The van der Waals surface area contributed by atoms with Crippen LogP contribution in [0.2, 0.25) is 0 Å². The van der Waals surface area contributed by atoms with E-state index in [1.165, 1.54) is 26.0 Å². The summed E-state index contributed by atoms with van der Waals surface area (Å²) < 4.78 is 11.0. The van der Waals surface area contributed by atoms with Gasteiger partial charge in [-0.3, -0.25) is 19.3 Å². The van der Waals surface area contributed by atoms with Crippen molar-refractivity contribution in [1.82, 2.24) is 5.32 Å². The molecule has 0 bridgehead atoms. The van der Waals surface area contributed by atoms with E-state index in [2.05, 4.69) is 10.6 Å². The number of hydrogen-bond donors (Lipinski definition) is 2. The van der Waals surface area contributed by atoms with Crippen LogP contribution in [0.4, 0.5) is 17.1 Å². The molecule has 0 aliphatic heterocycles. The maximum absolute atomic E-state index is 14.0. The Hall–Kier alpha value is -5.80. The van der Waals surface area contributed by atoms with E-state index in [1.807, 2.05) is 85.8 Å². The summed E-state index contributed by atoms with van der Waals surface area (Å²) in [5.74, 6) is -0.0931. The van der Waals surface area contributed by atoms with Gasteiger partial charge in [0, 0.05) is 33.1 Å². The fourth-order valence-corrected chi connectivity index (χ4v) is 6.11. The summed E-state index contributed by atoms with van der Waals surface area (Å²) >= 11 is 1.47. The maximum Gasteiger partial charge on any atom is 0.272 e. The molecule has 1 unspecified atom stereocenters. The molecule has 0 radical (unpaired) electrons. The zero-order valence-electron chi connectivity index (χ0n) is 27.5. The van der Waals surface area contributed by atoms with Gasteiger partial charge in [0.05, 0.1) is 19.5 Å². The van der Waals surface area contributed by atoms with Crippen molar-refractivity contribution in [2.45, 2.75) is 23.5 Å². The number of methoxy groups -OCH3 is 2. The third-order valence-electron chi connectivity index (χ3n) is 7.55. The Kier molecular flexibility index (Phi) is 11.9. The number of nitrogens with zero attached hydrogens (tertiary/aromatic N) is 1. The van der Waals surface area contributed by atoms with E-state index in [9.17, 15) is 14.4 Å². The minimum Gasteiger partial charge on any atom is -0.493 e. The Morgan fingerprint density at radius 3 is 1.88 bits per heavy atom. The number of rotatable bonds is 13. The predicted molar refractivity (Wildman–Crippen MR) is 196 cm³/mol. The van der Waals surface area contributed by atoms with Crippen molar-refractivity contribution >= 4 is 52.6 Å². The second-order valence-electron chi connectivity index (χ2n) is 10.8. The molecular formula is C40H37N3O5S. The van der Waals surface area contributed by atoms with E-state index < -0.39 is 11.8 Å². The Bertz CT molecular complexity index is 1860. The maximum atomic E-state index is 14.0. The highest BCUT2D eigenvalue weighted by molar-refractivity contribution is 8.00. The number of para-hydroxylation sites is 3. The van der Waals surface area contributed by atoms with E-state index >= 15 is 0 Å². The molecular weight excluding hydrogens is 635 g/mol. The molecule has 5 aromatic carbocycles. The summed E-state index contributed by atoms with van der Waals surface area (Å²) in [6, 6.07) is 40.4. The smallest absolute Gasteiger partial charge is 0.272 e. The van der Waals surface area contributed by atoms with Crippen LogP contribution in [0.5, 0.6) is 11.5 Å². The van der Waals surface area contributed by atoms with Gasteiger partial charge in [-0.2, -0.15) is 0 Å². The van der Waals surface area contributed by atoms with Crippen LogP contribution in [-0.4, -0.2) is 37.2 Å². The lowest BCUT2D eigenvalue weighted by Gasteiger charge is -2.27. The number of benzene rings is 5. The van der Waals surface area contributed by atoms with Crippen molar-refractivity contribution in [1.29, 1.82) is 0 Å². The first-order chi connectivity index (χ1) is 23.9. The van der Waals surface area contributed by atoms with Crippen molar-refractivity contribution in [2.75, 3.05) is 24.4 Å². The number of anilines is 3. The molecule has 9 heteroatoms. The monoisotopic (exact) mass is 671 g/mol. The van der Waals surface area contributed by atoms with Crippen molar-refractivity contribution < 1.29 is 23.9 Å². The molecule has 1 atom stereocenters. The lowest BCUT2D eigenvalue weighted by molar-refractivity contribution is -0.117. The van der Waals surface area contributed by atoms with Crippen LogP contribution in [0.1, 0.15) is 29.3 Å². The molecule has 0 spiro atoms. The molecule has 0 aliphatic rings. The van der Waals surface area contributed by atoms with Gasteiger partial charge in [-0.1, -0.05) is 73.7 Å². The number of carbonyl (C=O) groups is 3. The number of thioether (sulfide) groups is 1. The average molecular weight is 672 g/mol. The van der Waals surface area contributed by atoms with Gasteiger partial charge in [0.15, 0.2) is 11.5 Å². The van der Waals surface area contributed by atoms with Gasteiger partial charge in [-0.25, -0.2) is 0 Å². The van der Waals surface area contributed by atoms with Crippen molar-refractivity contribution in [2.24, 2.45) is 0 Å². The van der Waals surface area contributed by atoms with Crippen LogP contribution in [0, 0.1) is 0 Å². The van der Waals surface area contributed by atoms with Crippen LogP contribution in [0.3, 0.4) is 0 Å². The molecule has 0 heterocycles. The zero-order chi connectivity index (χ0) is 34.6. The number of ether oxygens (including phenoxy) is 2. The lowest BCUT2D eigenvalue weighted by atomic mass is 10.1. The summed E-state index contributed by atoms with van der Waals surface area (Å²) in [6.45, 7) is 1.99. The first-order valence-corrected chi connectivity index (χ1v) is 16.6. The summed E-state index contributed by atoms with van der Waals surface area (Å²) in [5, 5.41) is 5.28. The zero-order valence-corrected chi connectivity index (χ0v) is 28.3. The largest absolute Gasteiger partial charge is 0.493 e. The molecule has 0 saturated carbocycles. The lowest BCUT2D eigenvalue weighted by Crippen LogP contribution is -2.34. The molecule has 248 valence electrons. The van der Waals surface area contributed by atoms with E-state index in [0.717, 1.165) is 16.3 Å². The highest BCUT2D eigenvalue weighted by Gasteiger charge is 2.26. The van der Waals surface area contributed by atoms with Crippen molar-refractivity contribution in [3.63, 3.8) is 0 Å². The topological polar surface area (TPSA) is 97.0 Å². The Balaban J connectivity index is 1.35. The van der Waals surface area contributed by atoms with Gasteiger partial charge in [0.25, 0.3) is 11.8 Å². The minimum absolute atomic E-state index is 0.0115. The quantitative estimate of drug-likeness (QED) is 0.0965. The first-order valence-electron chi connectivity index (χ1n) is 15.7. The van der Waals surface area contributed by atoms with Gasteiger partial charge in [-0.05, 0) is 79.2 Å². The second-order valence-corrected chi connectivity index (χ2v) is 12.1. The summed E-state index contributed by atoms with van der Waals surface area (Å²) in [7, 11) is 3.04. The average Bonchev–Trinajstić information content (AvgIpc) is 3.15. The Morgan fingerprint density at radius 1 is 0.735 bits per heavy atom. The van der Waals surface area contributed by atoms with E-state index in [-0.39, 0.29) is 16.9 Å². The van der Waals surface area contributed by atoms with Crippen molar-refractivity contribution in [3.05, 3.63) is 150 Å². The van der Waals surface area contributed by atoms with Crippen LogP contribution in [0.25, 0.3) is 6.08 Å². The number of hydrogen-bond acceptors (Lipinski definition) is 6. The molecule has 3 amide bonds. The number of carbonyl (C=O) groups excluding carboxylic acids is 3. The van der Waals surface area contributed by atoms with Crippen LogP contribution < -0.4 is 25.0 Å². The highest BCUT2D eigenvalue weighted by Crippen LogP contribution is 2.34. The Morgan fingerprint density at radius 2 is 1.33 bits per heavy atom. The summed E-state index contributed by atoms with van der Waals surface area (Å²) in [5.41, 5.74) is 3.07.